The average Bonchev–Trinajstić information content (AvgIpc) is 2.94. The van der Waals surface area contributed by atoms with E-state index in [0.29, 0.717) is 5.92 Å². The van der Waals surface area contributed by atoms with Crippen LogP contribution in [0.1, 0.15) is 44.4 Å². The highest BCUT2D eigenvalue weighted by Gasteiger charge is 2.45. The molecular weight excluding hydrogens is 303 g/mol. The summed E-state index contributed by atoms with van der Waals surface area (Å²) in [5.41, 5.74) is 4.60. The average molecular weight is 326 g/mol. The van der Waals surface area contributed by atoms with Crippen molar-refractivity contribution < 1.29 is 9.50 Å². The molecule has 3 nitrogen and oxygen atoms in total. The zero-order valence-electron chi connectivity index (χ0n) is 14.2. The number of aliphatic hydroxyl groups excluding tert-OH is 1. The van der Waals surface area contributed by atoms with Gasteiger partial charge in [-0.15, -0.1) is 0 Å². The van der Waals surface area contributed by atoms with Crippen LogP contribution in [0.15, 0.2) is 36.0 Å². The molecule has 4 heteroatoms. The van der Waals surface area contributed by atoms with Crippen LogP contribution in [0.3, 0.4) is 0 Å². The van der Waals surface area contributed by atoms with Crippen LogP contribution in [-0.2, 0) is 6.42 Å². The van der Waals surface area contributed by atoms with E-state index in [1.165, 1.54) is 23.3 Å². The van der Waals surface area contributed by atoms with Gasteiger partial charge in [0.1, 0.15) is 5.82 Å². The molecule has 1 aromatic carbocycles. The van der Waals surface area contributed by atoms with E-state index in [9.17, 15) is 9.50 Å². The van der Waals surface area contributed by atoms with Gasteiger partial charge < -0.3 is 5.11 Å². The Morgan fingerprint density at radius 2 is 2.08 bits per heavy atom. The summed E-state index contributed by atoms with van der Waals surface area (Å²) in [7, 11) is 0. The highest BCUT2D eigenvalue weighted by Crippen LogP contribution is 2.52. The topological polar surface area (TPSA) is 38.1 Å². The van der Waals surface area contributed by atoms with Gasteiger partial charge in [-0.2, -0.15) is 5.10 Å². The molecule has 3 atom stereocenters. The largest absolute Gasteiger partial charge is 0.393 e. The summed E-state index contributed by atoms with van der Waals surface area (Å²) in [6.45, 7) is 4.20. The first kappa shape index (κ1) is 15.6. The second-order valence-corrected chi connectivity index (χ2v) is 7.45. The molecule has 1 N–H and O–H groups in total. The molecule has 0 spiro atoms. The van der Waals surface area contributed by atoms with Crippen molar-refractivity contribution in [2.24, 2.45) is 11.3 Å². The molecule has 4 rings (SSSR count). The van der Waals surface area contributed by atoms with Crippen LogP contribution in [0.5, 0.6) is 0 Å². The van der Waals surface area contributed by atoms with Crippen LogP contribution in [0.25, 0.3) is 11.8 Å². The Hall–Kier alpha value is -1.94. The Kier molecular flexibility index (Phi) is 3.61. The highest BCUT2D eigenvalue weighted by molar-refractivity contribution is 5.61. The number of hydrogen-bond donors (Lipinski definition) is 1. The van der Waals surface area contributed by atoms with Gasteiger partial charge in [0.2, 0.25) is 0 Å². The first-order chi connectivity index (χ1) is 11.5. The molecule has 2 aliphatic carbocycles. The number of hydrogen-bond acceptors (Lipinski definition) is 2. The fraction of sp³-hybridized carbons (Fsp3) is 0.450. The zero-order chi connectivity index (χ0) is 16.9. The van der Waals surface area contributed by atoms with Gasteiger partial charge in [-0.25, -0.2) is 9.07 Å². The molecule has 1 heterocycles. The van der Waals surface area contributed by atoms with Gasteiger partial charge in [0.05, 0.1) is 23.7 Å². The van der Waals surface area contributed by atoms with Gasteiger partial charge in [-0.05, 0) is 79.8 Å². The lowest BCUT2D eigenvalue weighted by Gasteiger charge is -2.47. The SMILES string of the molecule is C[C@@H](O)[C@H]1CCCC2=Cc3c(cnn3-c3ccc(F)cc3)C[C@@]21C. The number of nitrogens with zero attached hydrogens (tertiary/aromatic N) is 2. The lowest BCUT2D eigenvalue weighted by atomic mass is 9.58. The molecule has 0 aliphatic heterocycles. The maximum Gasteiger partial charge on any atom is 0.123 e. The van der Waals surface area contributed by atoms with Crippen molar-refractivity contribution in [2.45, 2.75) is 45.6 Å². The second kappa shape index (κ2) is 5.55. The maximum atomic E-state index is 13.2. The van der Waals surface area contributed by atoms with Crippen molar-refractivity contribution in [3.05, 3.63) is 53.1 Å². The van der Waals surface area contributed by atoms with Crippen LogP contribution in [0.2, 0.25) is 0 Å². The third-order valence-electron chi connectivity index (χ3n) is 5.92. The summed E-state index contributed by atoms with van der Waals surface area (Å²) in [5.74, 6) is 0.0533. The Labute approximate surface area is 141 Å². The number of aliphatic hydroxyl groups is 1. The van der Waals surface area contributed by atoms with E-state index in [2.05, 4.69) is 18.1 Å². The second-order valence-electron chi connectivity index (χ2n) is 7.45. The highest BCUT2D eigenvalue weighted by atomic mass is 19.1. The molecule has 0 bridgehead atoms. The summed E-state index contributed by atoms with van der Waals surface area (Å²) in [4.78, 5) is 0. The van der Waals surface area contributed by atoms with Crippen molar-refractivity contribution in [2.75, 3.05) is 0 Å². The van der Waals surface area contributed by atoms with E-state index < -0.39 is 0 Å². The quantitative estimate of drug-likeness (QED) is 0.901. The smallest absolute Gasteiger partial charge is 0.123 e. The molecular formula is C20H23FN2O. The summed E-state index contributed by atoms with van der Waals surface area (Å²) >= 11 is 0. The predicted molar refractivity (Wildman–Crippen MR) is 92.3 cm³/mol. The minimum absolute atomic E-state index is 0.01000. The van der Waals surface area contributed by atoms with Crippen LogP contribution in [0, 0.1) is 17.2 Å². The number of aromatic nitrogens is 2. The molecule has 1 saturated carbocycles. The molecule has 2 aliphatic rings. The predicted octanol–water partition coefficient (Wildman–Crippen LogP) is 4.14. The zero-order valence-corrected chi connectivity index (χ0v) is 14.2. The normalized spacial score (nSPS) is 27.2. The summed E-state index contributed by atoms with van der Waals surface area (Å²) in [6, 6.07) is 6.45. The fourth-order valence-electron chi connectivity index (χ4n) is 4.64. The third-order valence-corrected chi connectivity index (χ3v) is 5.92. The molecule has 0 radical (unpaired) electrons. The van der Waals surface area contributed by atoms with Crippen molar-refractivity contribution >= 4 is 6.08 Å². The number of halogens is 1. The fourth-order valence-corrected chi connectivity index (χ4v) is 4.64. The Bertz CT molecular complexity index is 790. The van der Waals surface area contributed by atoms with E-state index in [1.54, 1.807) is 12.1 Å². The lowest BCUT2D eigenvalue weighted by Crippen LogP contribution is -2.42. The van der Waals surface area contributed by atoms with E-state index >= 15 is 0 Å². The molecule has 2 aromatic rings. The van der Waals surface area contributed by atoms with Crippen molar-refractivity contribution in [3.63, 3.8) is 0 Å². The van der Waals surface area contributed by atoms with Crippen LogP contribution < -0.4 is 0 Å². The molecule has 0 amide bonds. The maximum absolute atomic E-state index is 13.2. The van der Waals surface area contributed by atoms with Crippen molar-refractivity contribution in [1.82, 2.24) is 9.78 Å². The third kappa shape index (κ3) is 2.32. The van der Waals surface area contributed by atoms with Gasteiger partial charge in [0, 0.05) is 0 Å². The minimum atomic E-state index is -0.299. The Morgan fingerprint density at radius 1 is 1.33 bits per heavy atom. The number of allylic oxidation sites excluding steroid dienone is 1. The van der Waals surface area contributed by atoms with Crippen molar-refractivity contribution in [3.8, 4) is 5.69 Å². The van der Waals surface area contributed by atoms with Crippen LogP contribution in [-0.4, -0.2) is 21.0 Å². The number of benzene rings is 1. The number of fused-ring (bicyclic) bond motifs is 2. The van der Waals surface area contributed by atoms with Crippen LogP contribution in [0.4, 0.5) is 4.39 Å². The molecule has 1 fully saturated rings. The van der Waals surface area contributed by atoms with Gasteiger partial charge in [0.25, 0.3) is 0 Å². The molecule has 0 unspecified atom stereocenters. The standard InChI is InChI=1S/C20H23FN2O/c1-13(24)18-5-3-4-15-10-19-14(11-20(15,18)2)12-22-23(19)17-8-6-16(21)7-9-17/h6-10,12-13,18,24H,3-5,11H2,1-2H3/t13-,18-,20+/m1/s1. The van der Waals surface area contributed by atoms with Gasteiger partial charge >= 0.3 is 0 Å². The van der Waals surface area contributed by atoms with E-state index in [0.717, 1.165) is 37.1 Å². The molecule has 1 aromatic heterocycles. The van der Waals surface area contributed by atoms with Gasteiger partial charge in [0.15, 0.2) is 0 Å². The Balaban J connectivity index is 1.78. The van der Waals surface area contributed by atoms with E-state index in [1.807, 2.05) is 17.8 Å². The lowest BCUT2D eigenvalue weighted by molar-refractivity contribution is 0.0352. The monoisotopic (exact) mass is 326 g/mol. The summed E-state index contributed by atoms with van der Waals surface area (Å²) in [6.07, 6.45) is 8.06. The molecule has 24 heavy (non-hydrogen) atoms. The summed E-state index contributed by atoms with van der Waals surface area (Å²) in [5, 5.41) is 14.8. The van der Waals surface area contributed by atoms with E-state index in [-0.39, 0.29) is 17.3 Å². The molecule has 0 saturated heterocycles. The Morgan fingerprint density at radius 3 is 2.79 bits per heavy atom. The molecule has 126 valence electrons. The van der Waals surface area contributed by atoms with Crippen LogP contribution >= 0.6 is 0 Å². The minimum Gasteiger partial charge on any atom is -0.393 e. The summed E-state index contributed by atoms with van der Waals surface area (Å²) < 4.78 is 15.1. The van der Waals surface area contributed by atoms with Gasteiger partial charge in [-0.1, -0.05) is 12.5 Å². The van der Waals surface area contributed by atoms with Gasteiger partial charge in [-0.3, -0.25) is 0 Å². The first-order valence-electron chi connectivity index (χ1n) is 8.71. The van der Waals surface area contributed by atoms with Crippen molar-refractivity contribution in [1.29, 1.82) is 0 Å². The van der Waals surface area contributed by atoms with E-state index in [4.69, 9.17) is 0 Å². The first-order valence-corrected chi connectivity index (χ1v) is 8.71. The number of rotatable bonds is 2.